The number of hydrogen-bond donors (Lipinski definition) is 2. The molecule has 0 aliphatic heterocycles. The zero-order chi connectivity index (χ0) is 19.1. The van der Waals surface area contributed by atoms with Crippen LogP contribution < -0.4 is 24.8 Å². The topological polar surface area (TPSA) is 81.7 Å². The van der Waals surface area contributed by atoms with E-state index >= 15 is 0 Å². The van der Waals surface area contributed by atoms with Crippen LogP contribution in [0.4, 0.5) is 10.5 Å². The van der Waals surface area contributed by atoms with Gasteiger partial charge in [-0.15, -0.1) is 0 Å². The number of carbonyl (C=O) groups is 1. The van der Waals surface area contributed by atoms with Crippen LogP contribution >= 0.6 is 0 Å². The maximum absolute atomic E-state index is 12.3. The second-order valence-corrected chi connectivity index (χ2v) is 6.46. The molecule has 2 aromatic rings. The minimum Gasteiger partial charge on any atom is -0.497 e. The van der Waals surface area contributed by atoms with Gasteiger partial charge < -0.3 is 24.8 Å². The van der Waals surface area contributed by atoms with E-state index < -0.39 is 0 Å². The van der Waals surface area contributed by atoms with Crippen LogP contribution in [0.3, 0.4) is 0 Å². The quantitative estimate of drug-likeness (QED) is 0.811. The minimum atomic E-state index is -0.237. The number of benzene rings is 1. The SMILES string of the molecule is COc1cc(NC(=O)NC2CCC(Oc3ccccn3)CC2)cc(OC)c1. The molecule has 7 nitrogen and oxygen atoms in total. The Balaban J connectivity index is 1.47. The third-order valence-corrected chi connectivity index (χ3v) is 4.54. The maximum Gasteiger partial charge on any atom is 0.319 e. The molecule has 1 aliphatic rings. The number of nitrogens with one attached hydrogen (secondary N) is 2. The van der Waals surface area contributed by atoms with Crippen LogP contribution in [0.5, 0.6) is 17.4 Å². The summed E-state index contributed by atoms with van der Waals surface area (Å²) in [6.45, 7) is 0. The second-order valence-electron chi connectivity index (χ2n) is 6.46. The number of methoxy groups -OCH3 is 2. The summed E-state index contributed by atoms with van der Waals surface area (Å²) < 4.78 is 16.3. The van der Waals surface area contributed by atoms with E-state index in [-0.39, 0.29) is 18.2 Å². The molecule has 0 radical (unpaired) electrons. The number of aromatic nitrogens is 1. The van der Waals surface area contributed by atoms with Crippen molar-refractivity contribution >= 4 is 11.7 Å². The number of carbonyl (C=O) groups excluding carboxylic acids is 1. The third-order valence-electron chi connectivity index (χ3n) is 4.54. The van der Waals surface area contributed by atoms with Gasteiger partial charge in [-0.05, 0) is 31.7 Å². The first kappa shape index (κ1) is 18.8. The molecule has 2 amide bonds. The van der Waals surface area contributed by atoms with Crippen molar-refractivity contribution in [2.24, 2.45) is 0 Å². The molecule has 0 bridgehead atoms. The van der Waals surface area contributed by atoms with E-state index in [0.717, 1.165) is 25.7 Å². The number of urea groups is 1. The van der Waals surface area contributed by atoms with Gasteiger partial charge in [-0.2, -0.15) is 0 Å². The Morgan fingerprint density at radius 1 is 1.04 bits per heavy atom. The van der Waals surface area contributed by atoms with Gasteiger partial charge in [0.2, 0.25) is 5.88 Å². The molecular weight excluding hydrogens is 346 g/mol. The smallest absolute Gasteiger partial charge is 0.319 e. The summed E-state index contributed by atoms with van der Waals surface area (Å²) in [7, 11) is 3.15. The Kier molecular flexibility index (Phi) is 6.35. The second kappa shape index (κ2) is 9.12. The largest absolute Gasteiger partial charge is 0.497 e. The highest BCUT2D eigenvalue weighted by atomic mass is 16.5. The summed E-state index contributed by atoms with van der Waals surface area (Å²) in [6.07, 6.45) is 5.37. The summed E-state index contributed by atoms with van der Waals surface area (Å²) in [4.78, 5) is 16.5. The summed E-state index contributed by atoms with van der Waals surface area (Å²) in [5.41, 5.74) is 0.621. The third kappa shape index (κ3) is 5.51. The van der Waals surface area contributed by atoms with E-state index in [9.17, 15) is 4.79 Å². The van der Waals surface area contributed by atoms with Crippen LogP contribution in [0.1, 0.15) is 25.7 Å². The van der Waals surface area contributed by atoms with Crippen molar-refractivity contribution in [2.45, 2.75) is 37.8 Å². The lowest BCUT2D eigenvalue weighted by molar-refractivity contribution is 0.135. The fourth-order valence-electron chi connectivity index (χ4n) is 3.14. The van der Waals surface area contributed by atoms with E-state index in [4.69, 9.17) is 14.2 Å². The number of hydrogen-bond acceptors (Lipinski definition) is 5. The molecule has 1 saturated carbocycles. The van der Waals surface area contributed by atoms with Gasteiger partial charge in [0, 0.05) is 42.2 Å². The van der Waals surface area contributed by atoms with E-state index in [0.29, 0.717) is 23.1 Å². The van der Waals surface area contributed by atoms with Crippen LogP contribution in [-0.4, -0.2) is 37.4 Å². The molecule has 0 spiro atoms. The van der Waals surface area contributed by atoms with E-state index in [2.05, 4.69) is 15.6 Å². The molecular formula is C20H25N3O4. The molecule has 2 N–H and O–H groups in total. The van der Waals surface area contributed by atoms with Crippen LogP contribution in [0.15, 0.2) is 42.6 Å². The molecule has 1 aromatic carbocycles. The van der Waals surface area contributed by atoms with Crippen LogP contribution in [0.2, 0.25) is 0 Å². The molecule has 0 saturated heterocycles. The maximum atomic E-state index is 12.3. The normalized spacial score (nSPS) is 19.0. The highest BCUT2D eigenvalue weighted by molar-refractivity contribution is 5.90. The average molecular weight is 371 g/mol. The first-order chi connectivity index (χ1) is 13.2. The zero-order valence-electron chi connectivity index (χ0n) is 15.6. The number of nitrogens with zero attached hydrogens (tertiary/aromatic N) is 1. The highest BCUT2D eigenvalue weighted by Gasteiger charge is 2.24. The van der Waals surface area contributed by atoms with Crippen molar-refractivity contribution in [2.75, 3.05) is 19.5 Å². The molecule has 3 rings (SSSR count). The lowest BCUT2D eigenvalue weighted by atomic mass is 9.93. The van der Waals surface area contributed by atoms with Gasteiger partial charge in [-0.1, -0.05) is 6.07 Å². The van der Waals surface area contributed by atoms with Crippen molar-refractivity contribution in [1.82, 2.24) is 10.3 Å². The van der Waals surface area contributed by atoms with Crippen molar-refractivity contribution in [1.29, 1.82) is 0 Å². The summed E-state index contributed by atoms with van der Waals surface area (Å²) in [6, 6.07) is 10.8. The molecule has 1 fully saturated rings. The number of anilines is 1. The molecule has 0 atom stereocenters. The summed E-state index contributed by atoms with van der Waals surface area (Å²) in [5, 5.41) is 5.86. The zero-order valence-corrected chi connectivity index (χ0v) is 15.6. The lowest BCUT2D eigenvalue weighted by Crippen LogP contribution is -2.41. The molecule has 1 heterocycles. The van der Waals surface area contributed by atoms with E-state index in [1.165, 1.54) is 0 Å². The Morgan fingerprint density at radius 2 is 1.74 bits per heavy atom. The Hall–Kier alpha value is -2.96. The van der Waals surface area contributed by atoms with E-state index in [1.807, 2.05) is 18.2 Å². The molecule has 1 aliphatic carbocycles. The standard InChI is InChI=1S/C20H25N3O4/c1-25-17-11-15(12-18(13-17)26-2)23-20(24)22-14-6-8-16(9-7-14)27-19-5-3-4-10-21-19/h3-5,10-14,16H,6-9H2,1-2H3,(H2,22,23,24). The van der Waals surface area contributed by atoms with Gasteiger partial charge in [0.25, 0.3) is 0 Å². The number of amides is 2. The van der Waals surface area contributed by atoms with Crippen molar-refractivity contribution in [3.05, 3.63) is 42.6 Å². The Bertz CT molecular complexity index is 724. The van der Waals surface area contributed by atoms with Crippen molar-refractivity contribution in [3.8, 4) is 17.4 Å². The Morgan fingerprint density at radius 3 is 2.33 bits per heavy atom. The Labute approximate surface area is 159 Å². The van der Waals surface area contributed by atoms with Crippen LogP contribution in [-0.2, 0) is 0 Å². The molecule has 144 valence electrons. The number of ether oxygens (including phenoxy) is 3. The first-order valence-corrected chi connectivity index (χ1v) is 9.04. The molecule has 7 heteroatoms. The monoisotopic (exact) mass is 371 g/mol. The van der Waals surface area contributed by atoms with Gasteiger partial charge in [0.15, 0.2) is 0 Å². The number of pyridine rings is 1. The number of rotatable bonds is 6. The average Bonchev–Trinajstić information content (AvgIpc) is 2.70. The highest BCUT2D eigenvalue weighted by Crippen LogP contribution is 2.26. The van der Waals surface area contributed by atoms with Crippen LogP contribution in [0.25, 0.3) is 0 Å². The predicted octanol–water partition coefficient (Wildman–Crippen LogP) is 3.61. The van der Waals surface area contributed by atoms with Crippen LogP contribution in [0, 0.1) is 0 Å². The molecule has 1 aromatic heterocycles. The predicted molar refractivity (Wildman–Crippen MR) is 103 cm³/mol. The minimum absolute atomic E-state index is 0.126. The van der Waals surface area contributed by atoms with Gasteiger partial charge in [0.1, 0.15) is 17.6 Å². The summed E-state index contributed by atoms with van der Waals surface area (Å²) in [5.74, 6) is 1.90. The van der Waals surface area contributed by atoms with Crippen molar-refractivity contribution in [3.63, 3.8) is 0 Å². The van der Waals surface area contributed by atoms with Gasteiger partial charge in [-0.3, -0.25) is 0 Å². The lowest BCUT2D eigenvalue weighted by Gasteiger charge is -2.29. The van der Waals surface area contributed by atoms with E-state index in [1.54, 1.807) is 38.6 Å². The summed E-state index contributed by atoms with van der Waals surface area (Å²) >= 11 is 0. The fraction of sp³-hybridized carbons (Fsp3) is 0.400. The molecule has 27 heavy (non-hydrogen) atoms. The van der Waals surface area contributed by atoms with Gasteiger partial charge >= 0.3 is 6.03 Å². The molecule has 0 unspecified atom stereocenters. The fourth-order valence-corrected chi connectivity index (χ4v) is 3.14. The van der Waals surface area contributed by atoms with Gasteiger partial charge in [0.05, 0.1) is 14.2 Å². The first-order valence-electron chi connectivity index (χ1n) is 9.04. The van der Waals surface area contributed by atoms with Gasteiger partial charge in [-0.25, -0.2) is 9.78 Å². The van der Waals surface area contributed by atoms with Crippen molar-refractivity contribution < 1.29 is 19.0 Å².